The van der Waals surface area contributed by atoms with Crippen LogP contribution in [0.5, 0.6) is 11.5 Å². The summed E-state index contributed by atoms with van der Waals surface area (Å²) in [6, 6.07) is 10.8. The molecule has 1 atom stereocenters. The van der Waals surface area contributed by atoms with E-state index in [0.29, 0.717) is 47.7 Å². The quantitative estimate of drug-likeness (QED) is 0.877. The molecule has 2 heterocycles. The lowest BCUT2D eigenvalue weighted by molar-refractivity contribution is -0.122. The van der Waals surface area contributed by atoms with Crippen molar-refractivity contribution in [2.75, 3.05) is 30.0 Å². The van der Waals surface area contributed by atoms with Gasteiger partial charge in [-0.15, -0.1) is 0 Å². The predicted molar refractivity (Wildman–Crippen MR) is 103 cm³/mol. The Labute approximate surface area is 162 Å². The van der Waals surface area contributed by atoms with E-state index in [1.807, 2.05) is 19.1 Å². The number of halogens is 1. The zero-order valence-electron chi connectivity index (χ0n) is 14.8. The maximum atomic E-state index is 12.6. The van der Waals surface area contributed by atoms with Gasteiger partial charge in [-0.2, -0.15) is 0 Å². The van der Waals surface area contributed by atoms with Gasteiger partial charge in [-0.3, -0.25) is 9.59 Å². The lowest BCUT2D eigenvalue weighted by Gasteiger charge is -2.22. The van der Waals surface area contributed by atoms with E-state index < -0.39 is 5.92 Å². The summed E-state index contributed by atoms with van der Waals surface area (Å²) in [7, 11) is 0. The topological polar surface area (TPSA) is 67.9 Å². The van der Waals surface area contributed by atoms with Crippen LogP contribution in [0, 0.1) is 12.8 Å². The van der Waals surface area contributed by atoms with E-state index in [2.05, 4.69) is 5.32 Å². The highest BCUT2D eigenvalue weighted by atomic mass is 35.5. The minimum atomic E-state index is -0.442. The number of carbonyl (C=O) groups is 2. The van der Waals surface area contributed by atoms with Gasteiger partial charge in [0.15, 0.2) is 11.5 Å². The molecular formula is C20H19ClN2O4. The molecule has 7 heteroatoms. The maximum Gasteiger partial charge on any atom is 0.229 e. The summed E-state index contributed by atoms with van der Waals surface area (Å²) < 4.78 is 11.1. The van der Waals surface area contributed by atoms with Crippen LogP contribution in [0.25, 0.3) is 0 Å². The van der Waals surface area contributed by atoms with Gasteiger partial charge in [0, 0.05) is 24.7 Å². The summed E-state index contributed by atoms with van der Waals surface area (Å²) in [5.41, 5.74) is 2.27. The first-order valence-corrected chi connectivity index (χ1v) is 9.16. The Bertz CT molecular complexity index is 915. The number of fused-ring (bicyclic) bond motifs is 1. The summed E-state index contributed by atoms with van der Waals surface area (Å²) in [6.45, 7) is 3.23. The fourth-order valence-corrected chi connectivity index (χ4v) is 3.57. The number of nitrogens with one attached hydrogen (secondary N) is 1. The molecule has 0 spiro atoms. The van der Waals surface area contributed by atoms with Crippen LogP contribution in [-0.2, 0) is 9.59 Å². The van der Waals surface area contributed by atoms with Gasteiger partial charge >= 0.3 is 0 Å². The van der Waals surface area contributed by atoms with Crippen LogP contribution in [0.4, 0.5) is 11.4 Å². The Morgan fingerprint density at radius 2 is 1.93 bits per heavy atom. The molecule has 6 nitrogen and oxygen atoms in total. The second kappa shape index (κ2) is 7.12. The second-order valence-electron chi connectivity index (χ2n) is 6.71. The number of ether oxygens (including phenoxy) is 2. The first-order chi connectivity index (χ1) is 13.0. The number of anilines is 2. The fourth-order valence-electron chi connectivity index (χ4n) is 3.29. The maximum absolute atomic E-state index is 12.6. The van der Waals surface area contributed by atoms with Crippen LogP contribution in [0.2, 0.25) is 5.02 Å². The van der Waals surface area contributed by atoms with E-state index in [4.69, 9.17) is 21.1 Å². The molecular weight excluding hydrogens is 368 g/mol. The molecule has 140 valence electrons. The molecule has 0 saturated carbocycles. The van der Waals surface area contributed by atoms with Gasteiger partial charge in [0.2, 0.25) is 11.8 Å². The summed E-state index contributed by atoms with van der Waals surface area (Å²) in [5.74, 6) is 0.532. The lowest BCUT2D eigenvalue weighted by atomic mass is 10.1. The number of amides is 2. The van der Waals surface area contributed by atoms with E-state index in [0.717, 1.165) is 5.56 Å². The molecule has 4 rings (SSSR count). The number of aryl methyl sites for hydroxylation is 1. The molecule has 2 aromatic carbocycles. The molecule has 0 radical (unpaired) electrons. The van der Waals surface area contributed by atoms with Crippen LogP contribution in [0.15, 0.2) is 36.4 Å². The van der Waals surface area contributed by atoms with Gasteiger partial charge in [0.05, 0.1) is 16.6 Å². The van der Waals surface area contributed by atoms with Crippen molar-refractivity contribution >= 4 is 34.8 Å². The smallest absolute Gasteiger partial charge is 0.229 e. The molecule has 0 bridgehead atoms. The average molecular weight is 387 g/mol. The third kappa shape index (κ3) is 3.57. The Kier molecular flexibility index (Phi) is 4.66. The number of benzene rings is 2. The molecule has 1 fully saturated rings. The highest BCUT2D eigenvalue weighted by molar-refractivity contribution is 6.33. The number of hydrogen-bond acceptors (Lipinski definition) is 4. The third-order valence-electron chi connectivity index (χ3n) is 4.72. The Balaban J connectivity index is 1.48. The van der Waals surface area contributed by atoms with E-state index in [1.54, 1.807) is 29.2 Å². The zero-order valence-corrected chi connectivity index (χ0v) is 15.6. The lowest BCUT2D eigenvalue weighted by Crippen LogP contribution is -2.28. The monoisotopic (exact) mass is 386 g/mol. The van der Waals surface area contributed by atoms with Gasteiger partial charge in [-0.05, 0) is 36.8 Å². The van der Waals surface area contributed by atoms with Gasteiger partial charge < -0.3 is 19.7 Å². The SMILES string of the molecule is Cc1ccc(NC(=O)[C@H]2CC(=O)N(c3ccc4c(c3)OCCO4)C2)c(Cl)c1. The van der Waals surface area contributed by atoms with Crippen molar-refractivity contribution < 1.29 is 19.1 Å². The first kappa shape index (κ1) is 17.7. The Morgan fingerprint density at radius 1 is 1.15 bits per heavy atom. The van der Waals surface area contributed by atoms with Crippen molar-refractivity contribution in [2.45, 2.75) is 13.3 Å². The van der Waals surface area contributed by atoms with Gasteiger partial charge in [0.25, 0.3) is 0 Å². The molecule has 0 aliphatic carbocycles. The van der Waals surface area contributed by atoms with E-state index in [1.165, 1.54) is 0 Å². The van der Waals surface area contributed by atoms with Crippen LogP contribution in [0.3, 0.4) is 0 Å². The molecule has 1 N–H and O–H groups in total. The van der Waals surface area contributed by atoms with E-state index in [9.17, 15) is 9.59 Å². The van der Waals surface area contributed by atoms with Crippen molar-refractivity contribution in [1.29, 1.82) is 0 Å². The number of nitrogens with zero attached hydrogens (tertiary/aromatic N) is 1. The summed E-state index contributed by atoms with van der Waals surface area (Å²) in [4.78, 5) is 26.7. The van der Waals surface area contributed by atoms with Crippen molar-refractivity contribution in [3.8, 4) is 11.5 Å². The van der Waals surface area contributed by atoms with Crippen LogP contribution in [-0.4, -0.2) is 31.6 Å². The van der Waals surface area contributed by atoms with E-state index in [-0.39, 0.29) is 18.2 Å². The van der Waals surface area contributed by atoms with Gasteiger partial charge in [0.1, 0.15) is 13.2 Å². The largest absolute Gasteiger partial charge is 0.486 e. The summed E-state index contributed by atoms with van der Waals surface area (Å²) in [5, 5.41) is 3.31. The molecule has 2 aromatic rings. The molecule has 27 heavy (non-hydrogen) atoms. The van der Waals surface area contributed by atoms with Gasteiger partial charge in [-0.1, -0.05) is 17.7 Å². The fraction of sp³-hybridized carbons (Fsp3) is 0.300. The third-order valence-corrected chi connectivity index (χ3v) is 5.03. The molecule has 2 aliphatic rings. The Morgan fingerprint density at radius 3 is 2.70 bits per heavy atom. The summed E-state index contributed by atoms with van der Waals surface area (Å²) in [6.07, 6.45) is 0.157. The standard InChI is InChI=1S/C20H19ClN2O4/c1-12-2-4-16(15(21)8-12)22-20(25)13-9-19(24)23(11-13)14-3-5-17-18(10-14)27-7-6-26-17/h2-5,8,10,13H,6-7,9,11H2,1H3,(H,22,25)/t13-/m0/s1. The first-order valence-electron chi connectivity index (χ1n) is 8.78. The Hall–Kier alpha value is -2.73. The van der Waals surface area contributed by atoms with Crippen molar-refractivity contribution in [2.24, 2.45) is 5.92 Å². The number of carbonyl (C=O) groups excluding carboxylic acids is 2. The molecule has 1 saturated heterocycles. The van der Waals surface area contributed by atoms with Gasteiger partial charge in [-0.25, -0.2) is 0 Å². The van der Waals surface area contributed by atoms with Crippen LogP contribution in [0.1, 0.15) is 12.0 Å². The molecule has 0 aromatic heterocycles. The number of rotatable bonds is 3. The van der Waals surface area contributed by atoms with Crippen molar-refractivity contribution in [3.05, 3.63) is 47.0 Å². The minimum Gasteiger partial charge on any atom is -0.486 e. The second-order valence-corrected chi connectivity index (χ2v) is 7.11. The molecule has 2 aliphatic heterocycles. The normalized spacial score (nSPS) is 18.5. The summed E-state index contributed by atoms with van der Waals surface area (Å²) >= 11 is 6.18. The molecule has 0 unspecified atom stereocenters. The highest BCUT2D eigenvalue weighted by Gasteiger charge is 2.35. The van der Waals surface area contributed by atoms with Crippen molar-refractivity contribution in [3.63, 3.8) is 0 Å². The predicted octanol–water partition coefficient (Wildman–Crippen LogP) is 3.41. The average Bonchev–Trinajstić information content (AvgIpc) is 3.05. The van der Waals surface area contributed by atoms with Crippen LogP contribution >= 0.6 is 11.6 Å². The van der Waals surface area contributed by atoms with Crippen LogP contribution < -0.4 is 19.7 Å². The highest BCUT2D eigenvalue weighted by Crippen LogP contribution is 2.36. The number of hydrogen-bond donors (Lipinski definition) is 1. The zero-order chi connectivity index (χ0) is 19.0. The molecule has 2 amide bonds. The van der Waals surface area contributed by atoms with E-state index >= 15 is 0 Å². The van der Waals surface area contributed by atoms with Crippen molar-refractivity contribution in [1.82, 2.24) is 0 Å². The minimum absolute atomic E-state index is 0.0955.